The summed E-state index contributed by atoms with van der Waals surface area (Å²) in [7, 11) is 0. The molecule has 0 aliphatic carbocycles. The number of likely N-dealkylation sites (tertiary alicyclic amines) is 1. The number of halogens is 2. The van der Waals surface area contributed by atoms with Crippen molar-refractivity contribution in [2.45, 2.75) is 38.5 Å². The number of hydrogen-bond donors (Lipinski definition) is 3. The van der Waals surface area contributed by atoms with Crippen molar-refractivity contribution in [2.75, 3.05) is 6.54 Å². The number of thiocarbonyl (C=S) groups is 1. The van der Waals surface area contributed by atoms with Crippen LogP contribution in [0.2, 0.25) is 10.0 Å². The Morgan fingerprint density at radius 3 is 2.21 bits per heavy atom. The highest BCUT2D eigenvalue weighted by Gasteiger charge is 2.36. The molecule has 1 saturated heterocycles. The lowest BCUT2D eigenvalue weighted by Gasteiger charge is -2.18. The van der Waals surface area contributed by atoms with Gasteiger partial charge in [0.2, 0.25) is 5.91 Å². The van der Waals surface area contributed by atoms with E-state index in [1.165, 1.54) is 11.8 Å². The van der Waals surface area contributed by atoms with E-state index in [0.717, 1.165) is 11.1 Å². The molecule has 0 aromatic heterocycles. The first-order valence-corrected chi connectivity index (χ1v) is 11.3. The zero-order valence-electron chi connectivity index (χ0n) is 18.2. The average molecular weight is 527 g/mol. The summed E-state index contributed by atoms with van der Waals surface area (Å²) in [6.45, 7) is 2.04. The number of nitrogens with zero attached hydrogens (tertiary/aromatic N) is 1. The number of ether oxygens (including phenoxy) is 1. The Balaban J connectivity index is 0.000000287. The van der Waals surface area contributed by atoms with E-state index in [-0.39, 0.29) is 18.9 Å². The summed E-state index contributed by atoms with van der Waals surface area (Å²) in [5.41, 5.74) is 7.05. The number of rotatable bonds is 7. The van der Waals surface area contributed by atoms with Gasteiger partial charge in [-0.2, -0.15) is 0 Å². The molecule has 34 heavy (non-hydrogen) atoms. The Morgan fingerprint density at radius 1 is 1.15 bits per heavy atom. The highest BCUT2D eigenvalue weighted by Crippen LogP contribution is 2.26. The van der Waals surface area contributed by atoms with E-state index in [9.17, 15) is 14.4 Å². The lowest BCUT2D eigenvalue weighted by molar-refractivity contribution is -0.145. The van der Waals surface area contributed by atoms with Crippen molar-refractivity contribution >= 4 is 58.1 Å². The van der Waals surface area contributed by atoms with Crippen LogP contribution in [0, 0.1) is 0 Å². The van der Waals surface area contributed by atoms with Crippen molar-refractivity contribution in [2.24, 2.45) is 5.73 Å². The van der Waals surface area contributed by atoms with Gasteiger partial charge >= 0.3 is 11.9 Å². The maximum absolute atomic E-state index is 10.9. The number of carboxylic acids is 2. The van der Waals surface area contributed by atoms with Crippen molar-refractivity contribution in [1.29, 1.82) is 0 Å². The SMILES string of the molecule is CC(=O)N1CCC(=S)[C@H]1C(=O)O.N[C@@H](Cc1ccc(OCc2c(Cl)cccc2Cl)cc1)C(=O)O. The van der Waals surface area contributed by atoms with E-state index in [4.69, 9.17) is 56.1 Å². The third-order valence-electron chi connectivity index (χ3n) is 5.00. The van der Waals surface area contributed by atoms with Gasteiger partial charge in [-0.25, -0.2) is 4.79 Å². The fourth-order valence-corrected chi connectivity index (χ4v) is 4.00. The Hall–Kier alpha value is -2.72. The van der Waals surface area contributed by atoms with Crippen molar-refractivity contribution in [1.82, 2.24) is 4.90 Å². The molecule has 2 aromatic carbocycles. The fraction of sp³-hybridized carbons (Fsp3) is 0.304. The van der Waals surface area contributed by atoms with Gasteiger partial charge in [-0.05, 0) is 42.7 Å². The van der Waals surface area contributed by atoms with E-state index >= 15 is 0 Å². The number of aliphatic carboxylic acids is 2. The second-order valence-electron chi connectivity index (χ2n) is 7.45. The Kier molecular flexibility index (Phi) is 10.2. The van der Waals surface area contributed by atoms with Crippen LogP contribution >= 0.6 is 35.4 Å². The topological polar surface area (TPSA) is 130 Å². The highest BCUT2D eigenvalue weighted by molar-refractivity contribution is 7.80. The molecular formula is C23H24Cl2N2O6S. The standard InChI is InChI=1S/C16H15Cl2NO3.C7H9NO3S/c17-13-2-1-3-14(18)12(13)9-22-11-6-4-10(5-7-11)8-15(19)16(20)21;1-4(9)8-3-2-5(12)6(8)7(10)11/h1-7,15H,8-9,19H2,(H,20,21);6H,2-3H2,1H3,(H,10,11)/t15-;6-/m00/s1. The number of nitrogens with two attached hydrogens (primary N) is 1. The van der Waals surface area contributed by atoms with Crippen molar-refractivity contribution in [3.8, 4) is 5.75 Å². The smallest absolute Gasteiger partial charge is 0.331 e. The van der Waals surface area contributed by atoms with Gasteiger partial charge in [0, 0.05) is 33.9 Å². The third kappa shape index (κ3) is 7.66. The summed E-state index contributed by atoms with van der Waals surface area (Å²) < 4.78 is 5.64. The van der Waals surface area contributed by atoms with E-state index in [1.807, 2.05) is 0 Å². The molecule has 1 heterocycles. The number of amides is 1. The lowest BCUT2D eigenvalue weighted by atomic mass is 10.1. The second-order valence-corrected chi connectivity index (χ2v) is 8.79. The molecule has 8 nitrogen and oxygen atoms in total. The molecule has 0 spiro atoms. The minimum absolute atomic E-state index is 0.234. The highest BCUT2D eigenvalue weighted by atomic mass is 35.5. The number of benzene rings is 2. The number of carbonyl (C=O) groups excluding carboxylic acids is 1. The summed E-state index contributed by atoms with van der Waals surface area (Å²) in [5.74, 6) is -1.65. The molecule has 0 unspecified atom stereocenters. The minimum Gasteiger partial charge on any atom is -0.489 e. The van der Waals surface area contributed by atoms with Crippen LogP contribution in [0.3, 0.4) is 0 Å². The molecule has 1 aliphatic rings. The first-order valence-electron chi connectivity index (χ1n) is 10.2. The molecule has 1 fully saturated rings. The van der Waals surface area contributed by atoms with E-state index in [1.54, 1.807) is 42.5 Å². The number of carboxylic acid groups (broad SMARTS) is 2. The maximum atomic E-state index is 10.9. The van der Waals surface area contributed by atoms with Crippen LogP contribution in [0.25, 0.3) is 0 Å². The van der Waals surface area contributed by atoms with Gasteiger partial charge in [0.25, 0.3) is 0 Å². The molecule has 1 amide bonds. The van der Waals surface area contributed by atoms with Crippen LogP contribution < -0.4 is 10.5 Å². The molecule has 2 atom stereocenters. The molecule has 0 bridgehead atoms. The molecule has 3 rings (SSSR count). The first-order chi connectivity index (χ1) is 16.0. The molecule has 0 saturated carbocycles. The molecule has 0 radical (unpaired) electrons. The summed E-state index contributed by atoms with van der Waals surface area (Å²) in [6, 6.07) is 10.6. The molecule has 182 valence electrons. The van der Waals surface area contributed by atoms with Gasteiger partial charge in [0.15, 0.2) is 6.04 Å². The first kappa shape index (κ1) is 27.5. The van der Waals surface area contributed by atoms with Crippen LogP contribution in [0.1, 0.15) is 24.5 Å². The molecule has 4 N–H and O–H groups in total. The van der Waals surface area contributed by atoms with Gasteiger partial charge < -0.3 is 25.6 Å². The van der Waals surface area contributed by atoms with Crippen LogP contribution in [0.4, 0.5) is 0 Å². The normalized spacial score (nSPS) is 15.8. The van der Waals surface area contributed by atoms with Crippen molar-refractivity contribution in [3.63, 3.8) is 0 Å². The van der Waals surface area contributed by atoms with E-state index in [0.29, 0.717) is 33.6 Å². The van der Waals surface area contributed by atoms with Gasteiger partial charge in [0.05, 0.1) is 0 Å². The minimum atomic E-state index is -1.03. The molecular weight excluding hydrogens is 503 g/mol. The third-order valence-corrected chi connectivity index (χ3v) is 6.13. The zero-order chi connectivity index (χ0) is 25.4. The predicted octanol–water partition coefficient (Wildman–Crippen LogP) is 3.59. The maximum Gasteiger partial charge on any atom is 0.331 e. The van der Waals surface area contributed by atoms with Gasteiger partial charge in [-0.1, -0.05) is 53.6 Å². The summed E-state index contributed by atoms with van der Waals surface area (Å²) in [6.07, 6.45) is 0.790. The predicted molar refractivity (Wildman–Crippen MR) is 133 cm³/mol. The Labute approximate surface area is 212 Å². The van der Waals surface area contributed by atoms with E-state index < -0.39 is 24.0 Å². The molecule has 11 heteroatoms. The van der Waals surface area contributed by atoms with Crippen LogP contribution in [0.15, 0.2) is 42.5 Å². The second kappa shape index (κ2) is 12.7. The summed E-state index contributed by atoms with van der Waals surface area (Å²) >= 11 is 17.0. The van der Waals surface area contributed by atoms with Gasteiger partial charge in [-0.15, -0.1) is 0 Å². The van der Waals surface area contributed by atoms with Crippen LogP contribution in [-0.2, 0) is 27.4 Å². The lowest BCUT2D eigenvalue weighted by Crippen LogP contribution is -2.41. The van der Waals surface area contributed by atoms with Crippen LogP contribution in [-0.4, -0.2) is 56.5 Å². The average Bonchev–Trinajstić information content (AvgIpc) is 3.17. The zero-order valence-corrected chi connectivity index (χ0v) is 20.6. The van der Waals surface area contributed by atoms with Gasteiger partial charge in [0.1, 0.15) is 18.4 Å². The number of hydrogen-bond acceptors (Lipinski definition) is 6. The Bertz CT molecular complexity index is 1040. The summed E-state index contributed by atoms with van der Waals surface area (Å²) in [4.78, 5) is 34.0. The quantitative estimate of drug-likeness (QED) is 0.466. The van der Waals surface area contributed by atoms with Crippen molar-refractivity contribution in [3.05, 3.63) is 63.6 Å². The van der Waals surface area contributed by atoms with Crippen molar-refractivity contribution < 1.29 is 29.3 Å². The monoisotopic (exact) mass is 526 g/mol. The molecule has 2 aromatic rings. The number of carbonyl (C=O) groups is 3. The molecule has 1 aliphatic heterocycles. The van der Waals surface area contributed by atoms with Crippen LogP contribution in [0.5, 0.6) is 5.75 Å². The summed E-state index contributed by atoms with van der Waals surface area (Å²) in [5, 5.41) is 18.6. The van der Waals surface area contributed by atoms with E-state index in [2.05, 4.69) is 0 Å². The van der Waals surface area contributed by atoms with Gasteiger partial charge in [-0.3, -0.25) is 9.59 Å². The largest absolute Gasteiger partial charge is 0.489 e. The fourth-order valence-electron chi connectivity index (χ4n) is 3.17. The Morgan fingerprint density at radius 2 is 1.74 bits per heavy atom.